The third kappa shape index (κ3) is 8.34. The average molecular weight is 649 g/mol. The summed E-state index contributed by atoms with van der Waals surface area (Å²) in [5.41, 5.74) is 2.61. The maximum atomic E-state index is 5.40. The van der Waals surface area contributed by atoms with E-state index in [0.29, 0.717) is 18.3 Å². The standard InChI is InChI=1S/C23H25P.C17H20N2O2S/c1-4-12-20(13-5-1)24(23-18-10-11-19-23,21-14-6-2-7-15-21)22-16-8-3-9-17-22;1-3-20-15-9-5-13(6-10-15)18-17(22)19-14-7-11-16(12-8-14)21-4-2/h1-9,12-17,23-24H,10-11,18-19H2;5-12H,3-4H2,1-2H3,(H2,18,19,22). The Morgan fingerprint density at radius 3 is 1.24 bits per heavy atom. The molecule has 0 amide bonds. The first-order valence-corrected chi connectivity index (χ1v) is 18.8. The van der Waals surface area contributed by atoms with Crippen LogP contribution in [0.4, 0.5) is 11.4 Å². The molecule has 1 aliphatic rings. The molecule has 1 saturated carbocycles. The van der Waals surface area contributed by atoms with E-state index < -0.39 is 7.26 Å². The zero-order valence-electron chi connectivity index (χ0n) is 26.8. The SMILES string of the molecule is CCOc1ccc(NC(=S)Nc2ccc(OCC)cc2)cc1.c1ccc([PH](c2ccccc2)(c2ccccc2)C2CCCC2)cc1. The monoisotopic (exact) mass is 648 g/mol. The average Bonchev–Trinajstić information content (AvgIpc) is 3.64. The molecule has 238 valence electrons. The van der Waals surface area contributed by atoms with Gasteiger partial charge in [0.05, 0.1) is 13.2 Å². The molecule has 0 spiro atoms. The van der Waals surface area contributed by atoms with E-state index in [1.807, 2.05) is 62.4 Å². The topological polar surface area (TPSA) is 42.5 Å². The van der Waals surface area contributed by atoms with E-state index in [2.05, 4.69) is 102 Å². The summed E-state index contributed by atoms with van der Waals surface area (Å²) in [4.78, 5) is 0. The van der Waals surface area contributed by atoms with Crippen molar-refractivity contribution in [2.75, 3.05) is 23.8 Å². The van der Waals surface area contributed by atoms with Crippen LogP contribution in [0.25, 0.3) is 0 Å². The van der Waals surface area contributed by atoms with E-state index in [9.17, 15) is 0 Å². The second-order valence-corrected chi connectivity index (χ2v) is 16.0. The molecule has 0 heterocycles. The molecule has 0 radical (unpaired) electrons. The molecule has 0 atom stereocenters. The molecule has 6 rings (SSSR count). The number of benzene rings is 5. The first-order valence-electron chi connectivity index (χ1n) is 16.3. The molecule has 46 heavy (non-hydrogen) atoms. The molecule has 6 heteroatoms. The molecule has 1 aliphatic carbocycles. The minimum atomic E-state index is -1.99. The Morgan fingerprint density at radius 2 is 0.913 bits per heavy atom. The van der Waals surface area contributed by atoms with Crippen molar-refractivity contribution in [1.82, 2.24) is 0 Å². The van der Waals surface area contributed by atoms with E-state index >= 15 is 0 Å². The fourth-order valence-corrected chi connectivity index (χ4v) is 12.6. The summed E-state index contributed by atoms with van der Waals surface area (Å²) in [6, 6.07) is 49.4. The van der Waals surface area contributed by atoms with Crippen molar-refractivity contribution in [1.29, 1.82) is 0 Å². The second-order valence-electron chi connectivity index (χ2n) is 11.4. The fourth-order valence-electron chi connectivity index (χ4n) is 6.56. The van der Waals surface area contributed by atoms with Crippen molar-refractivity contribution in [2.45, 2.75) is 45.2 Å². The van der Waals surface area contributed by atoms with Gasteiger partial charge in [-0.1, -0.05) is 0 Å². The summed E-state index contributed by atoms with van der Waals surface area (Å²) in [6.45, 7) is 5.24. The van der Waals surface area contributed by atoms with Crippen LogP contribution in [0.2, 0.25) is 0 Å². The van der Waals surface area contributed by atoms with Crippen molar-refractivity contribution in [3.8, 4) is 11.5 Å². The van der Waals surface area contributed by atoms with E-state index in [1.54, 1.807) is 15.9 Å². The summed E-state index contributed by atoms with van der Waals surface area (Å²) < 4.78 is 10.8. The molecule has 5 aromatic carbocycles. The van der Waals surface area contributed by atoms with Gasteiger partial charge in [-0.3, -0.25) is 0 Å². The number of hydrogen-bond acceptors (Lipinski definition) is 3. The van der Waals surface area contributed by atoms with Gasteiger partial charge < -0.3 is 20.1 Å². The Bertz CT molecular complexity index is 1460. The van der Waals surface area contributed by atoms with Crippen LogP contribution in [0.5, 0.6) is 11.5 Å². The number of anilines is 2. The number of thiocarbonyl (C=S) groups is 1. The summed E-state index contributed by atoms with van der Waals surface area (Å²) in [6.07, 6.45) is 5.49. The van der Waals surface area contributed by atoms with E-state index in [4.69, 9.17) is 21.7 Å². The van der Waals surface area contributed by atoms with Gasteiger partial charge >= 0.3 is 146 Å². The van der Waals surface area contributed by atoms with Crippen LogP contribution in [-0.2, 0) is 0 Å². The molecule has 1 fully saturated rings. The van der Waals surface area contributed by atoms with Crippen LogP contribution in [0.3, 0.4) is 0 Å². The van der Waals surface area contributed by atoms with E-state index in [0.717, 1.165) is 28.5 Å². The van der Waals surface area contributed by atoms with Gasteiger partial charge in [-0.2, -0.15) is 0 Å². The zero-order chi connectivity index (χ0) is 32.0. The van der Waals surface area contributed by atoms with Crippen molar-refractivity contribution in [3.05, 3.63) is 140 Å². The van der Waals surface area contributed by atoms with Crippen molar-refractivity contribution < 1.29 is 9.47 Å². The third-order valence-corrected chi connectivity index (χ3v) is 14.2. The van der Waals surface area contributed by atoms with Gasteiger partial charge in [-0.25, -0.2) is 0 Å². The molecule has 2 N–H and O–H groups in total. The Kier molecular flexibility index (Phi) is 12.2. The van der Waals surface area contributed by atoms with Gasteiger partial charge in [0.1, 0.15) is 11.5 Å². The quantitative estimate of drug-likeness (QED) is 0.117. The Hall–Kier alpha value is -4.18. The second kappa shape index (κ2) is 16.9. The van der Waals surface area contributed by atoms with Crippen LogP contribution < -0.4 is 36.0 Å². The third-order valence-electron chi connectivity index (χ3n) is 8.50. The zero-order valence-corrected chi connectivity index (χ0v) is 28.6. The molecule has 0 saturated heterocycles. The van der Waals surface area contributed by atoms with Gasteiger partial charge in [0.25, 0.3) is 0 Å². The Balaban J connectivity index is 0.000000182. The number of ether oxygens (including phenoxy) is 2. The number of hydrogen-bond donors (Lipinski definition) is 2. The summed E-state index contributed by atoms with van der Waals surface area (Å²) in [5, 5.41) is 11.5. The minimum absolute atomic E-state index is 0.535. The van der Waals surface area contributed by atoms with Crippen LogP contribution in [-0.4, -0.2) is 24.0 Å². The fraction of sp³-hybridized carbons (Fsp3) is 0.225. The molecule has 0 unspecified atom stereocenters. The molecule has 4 nitrogen and oxygen atoms in total. The van der Waals surface area contributed by atoms with Crippen molar-refractivity contribution in [2.24, 2.45) is 0 Å². The Morgan fingerprint density at radius 1 is 0.565 bits per heavy atom. The number of rotatable bonds is 10. The first-order chi connectivity index (χ1) is 22.6. The maximum absolute atomic E-state index is 5.40. The van der Waals surface area contributed by atoms with Gasteiger partial charge in [0, 0.05) is 11.4 Å². The van der Waals surface area contributed by atoms with Gasteiger partial charge in [0.15, 0.2) is 5.11 Å². The van der Waals surface area contributed by atoms with Crippen LogP contribution in [0.1, 0.15) is 39.5 Å². The van der Waals surface area contributed by atoms with E-state index in [-0.39, 0.29) is 0 Å². The molecule has 0 aliphatic heterocycles. The van der Waals surface area contributed by atoms with Gasteiger partial charge in [-0.05, 0) is 74.6 Å². The van der Waals surface area contributed by atoms with Gasteiger partial charge in [0.2, 0.25) is 0 Å². The van der Waals surface area contributed by atoms with Crippen molar-refractivity contribution >= 4 is 51.9 Å². The summed E-state index contributed by atoms with van der Waals surface area (Å²) in [7, 11) is -1.99. The molecule has 0 aromatic heterocycles. The summed E-state index contributed by atoms with van der Waals surface area (Å²) in [5.74, 6) is 1.69. The molecule has 0 bridgehead atoms. The molecular formula is C40H45N2O2PS. The van der Waals surface area contributed by atoms with Crippen LogP contribution in [0.15, 0.2) is 140 Å². The van der Waals surface area contributed by atoms with Crippen LogP contribution >= 0.6 is 19.5 Å². The first kappa shape index (κ1) is 33.2. The predicted molar refractivity (Wildman–Crippen MR) is 204 cm³/mol. The molecular weight excluding hydrogens is 603 g/mol. The molecule has 5 aromatic rings. The summed E-state index contributed by atoms with van der Waals surface area (Å²) >= 11 is 5.30. The van der Waals surface area contributed by atoms with Crippen molar-refractivity contribution in [3.63, 3.8) is 0 Å². The van der Waals surface area contributed by atoms with E-state index in [1.165, 1.54) is 25.7 Å². The van der Waals surface area contributed by atoms with Crippen LogP contribution in [0, 0.1) is 0 Å². The normalized spacial score (nSPS) is 13.2. The van der Waals surface area contributed by atoms with Gasteiger partial charge in [-0.15, -0.1) is 0 Å². The Labute approximate surface area is 280 Å². The number of nitrogens with one attached hydrogen (secondary N) is 2. The predicted octanol–water partition coefficient (Wildman–Crippen LogP) is 8.95.